The van der Waals surface area contributed by atoms with E-state index in [1.54, 1.807) is 37.3 Å². The Labute approximate surface area is 179 Å². The van der Waals surface area contributed by atoms with Gasteiger partial charge in [0.1, 0.15) is 11.4 Å². The first-order valence-electron chi connectivity index (χ1n) is 9.66. The van der Waals surface area contributed by atoms with Crippen LogP contribution in [-0.4, -0.2) is 29.1 Å². The van der Waals surface area contributed by atoms with E-state index in [0.717, 1.165) is 11.1 Å². The Morgan fingerprint density at radius 1 is 0.935 bits per heavy atom. The summed E-state index contributed by atoms with van der Waals surface area (Å²) in [5.74, 6) is -1.07. The number of aromatic carboxylic acids is 1. The molecule has 0 spiro atoms. The molecule has 4 rings (SSSR count). The highest BCUT2D eigenvalue weighted by Gasteiger charge is 2.22. The van der Waals surface area contributed by atoms with Crippen LogP contribution in [0.4, 0.5) is 5.69 Å². The van der Waals surface area contributed by atoms with Crippen molar-refractivity contribution >= 4 is 28.5 Å². The van der Waals surface area contributed by atoms with E-state index >= 15 is 0 Å². The molecule has 0 aliphatic carbocycles. The summed E-state index contributed by atoms with van der Waals surface area (Å²) >= 11 is 0. The van der Waals surface area contributed by atoms with Gasteiger partial charge in [-0.2, -0.15) is 0 Å². The van der Waals surface area contributed by atoms with Crippen molar-refractivity contribution in [2.45, 2.75) is 6.92 Å². The quantitative estimate of drug-likeness (QED) is 0.472. The zero-order valence-corrected chi connectivity index (χ0v) is 17.0. The molecule has 0 radical (unpaired) electrons. The highest BCUT2D eigenvalue weighted by Crippen LogP contribution is 2.28. The van der Waals surface area contributed by atoms with Crippen LogP contribution in [0.15, 0.2) is 72.8 Å². The standard InChI is InChI=1S/C25H20N2O4/c1-15-22(25(29)30)20-14-19(31-2)12-13-21(20)27-23(15)24(28)26-18-10-8-17(9-11-18)16-6-4-3-5-7-16/h3-14H,1-2H3,(H,26,28)(H,29,30). The third-order valence-corrected chi connectivity index (χ3v) is 5.11. The van der Waals surface area contributed by atoms with Crippen LogP contribution in [-0.2, 0) is 0 Å². The number of carboxylic acid groups (broad SMARTS) is 1. The Kier molecular flexibility index (Phi) is 5.37. The Hall–Kier alpha value is -4.19. The lowest BCUT2D eigenvalue weighted by Gasteiger charge is -2.13. The van der Waals surface area contributed by atoms with Crippen LogP contribution in [0, 0.1) is 6.92 Å². The fraction of sp³-hybridized carbons (Fsp3) is 0.0800. The lowest BCUT2D eigenvalue weighted by Crippen LogP contribution is -2.18. The molecular weight excluding hydrogens is 392 g/mol. The van der Waals surface area contributed by atoms with Gasteiger partial charge in [-0.05, 0) is 53.9 Å². The number of nitrogens with one attached hydrogen (secondary N) is 1. The number of hydrogen-bond donors (Lipinski definition) is 2. The Balaban J connectivity index is 1.67. The van der Waals surface area contributed by atoms with Crippen LogP contribution in [0.25, 0.3) is 22.0 Å². The zero-order chi connectivity index (χ0) is 22.0. The maximum absolute atomic E-state index is 12.9. The number of anilines is 1. The highest BCUT2D eigenvalue weighted by atomic mass is 16.5. The van der Waals surface area contributed by atoms with E-state index in [-0.39, 0.29) is 11.3 Å². The minimum absolute atomic E-state index is 0.0356. The number of carboxylic acids is 1. The second-order valence-electron chi connectivity index (χ2n) is 7.05. The number of nitrogens with zero attached hydrogens (tertiary/aromatic N) is 1. The normalized spacial score (nSPS) is 10.6. The second kappa shape index (κ2) is 8.28. The highest BCUT2D eigenvalue weighted by molar-refractivity contribution is 6.11. The van der Waals surface area contributed by atoms with Crippen molar-refractivity contribution in [2.24, 2.45) is 0 Å². The van der Waals surface area contributed by atoms with Gasteiger partial charge in [0.25, 0.3) is 5.91 Å². The number of carbonyl (C=O) groups excluding carboxylic acids is 1. The third kappa shape index (κ3) is 3.96. The molecule has 0 saturated heterocycles. The first-order valence-corrected chi connectivity index (χ1v) is 9.66. The van der Waals surface area contributed by atoms with E-state index < -0.39 is 11.9 Å². The maximum Gasteiger partial charge on any atom is 0.336 e. The average Bonchev–Trinajstić information content (AvgIpc) is 2.79. The van der Waals surface area contributed by atoms with Crippen molar-refractivity contribution in [3.8, 4) is 16.9 Å². The van der Waals surface area contributed by atoms with Gasteiger partial charge >= 0.3 is 5.97 Å². The second-order valence-corrected chi connectivity index (χ2v) is 7.05. The van der Waals surface area contributed by atoms with Gasteiger partial charge < -0.3 is 15.2 Å². The van der Waals surface area contributed by atoms with Gasteiger partial charge in [0.2, 0.25) is 0 Å². The molecular formula is C25H20N2O4. The van der Waals surface area contributed by atoms with Gasteiger partial charge in [-0.1, -0.05) is 42.5 Å². The van der Waals surface area contributed by atoms with Gasteiger partial charge in [-0.25, -0.2) is 9.78 Å². The third-order valence-electron chi connectivity index (χ3n) is 5.11. The SMILES string of the molecule is COc1ccc2nc(C(=O)Nc3ccc(-c4ccccc4)cc3)c(C)c(C(=O)O)c2c1. The molecule has 0 fully saturated rings. The minimum Gasteiger partial charge on any atom is -0.497 e. The van der Waals surface area contributed by atoms with Gasteiger partial charge in [0.05, 0.1) is 18.2 Å². The zero-order valence-electron chi connectivity index (χ0n) is 17.0. The van der Waals surface area contributed by atoms with Crippen molar-refractivity contribution in [3.05, 3.63) is 89.6 Å². The van der Waals surface area contributed by atoms with Crippen LogP contribution in [0.1, 0.15) is 26.4 Å². The summed E-state index contributed by atoms with van der Waals surface area (Å²) in [6, 6.07) is 22.3. The minimum atomic E-state index is -1.13. The van der Waals surface area contributed by atoms with Crippen LogP contribution < -0.4 is 10.1 Å². The van der Waals surface area contributed by atoms with Crippen molar-refractivity contribution in [2.75, 3.05) is 12.4 Å². The monoisotopic (exact) mass is 412 g/mol. The summed E-state index contributed by atoms with van der Waals surface area (Å²) in [6.45, 7) is 1.59. The molecule has 0 bridgehead atoms. The number of fused-ring (bicyclic) bond motifs is 1. The number of rotatable bonds is 5. The average molecular weight is 412 g/mol. The first-order chi connectivity index (χ1) is 15.0. The molecule has 0 aliphatic rings. The van der Waals surface area contributed by atoms with Gasteiger partial charge in [0, 0.05) is 11.1 Å². The van der Waals surface area contributed by atoms with Crippen LogP contribution in [0.2, 0.25) is 0 Å². The largest absolute Gasteiger partial charge is 0.497 e. The molecule has 0 saturated carbocycles. The molecule has 1 aromatic heterocycles. The molecule has 4 aromatic rings. The van der Waals surface area contributed by atoms with E-state index in [1.165, 1.54) is 7.11 Å². The Bertz CT molecular complexity index is 1280. The molecule has 2 N–H and O–H groups in total. The lowest BCUT2D eigenvalue weighted by atomic mass is 10.0. The smallest absolute Gasteiger partial charge is 0.336 e. The van der Waals surface area contributed by atoms with E-state index in [2.05, 4.69) is 10.3 Å². The number of methoxy groups -OCH3 is 1. The van der Waals surface area contributed by atoms with Crippen LogP contribution >= 0.6 is 0 Å². The molecule has 1 amide bonds. The van der Waals surface area contributed by atoms with E-state index in [9.17, 15) is 14.7 Å². The van der Waals surface area contributed by atoms with Crippen molar-refractivity contribution < 1.29 is 19.4 Å². The molecule has 6 heteroatoms. The summed E-state index contributed by atoms with van der Waals surface area (Å²) in [6.07, 6.45) is 0. The summed E-state index contributed by atoms with van der Waals surface area (Å²) in [7, 11) is 1.51. The Morgan fingerprint density at radius 3 is 2.26 bits per heavy atom. The van der Waals surface area contributed by atoms with E-state index in [0.29, 0.717) is 27.9 Å². The molecule has 0 unspecified atom stereocenters. The fourth-order valence-electron chi connectivity index (χ4n) is 3.53. The predicted molar refractivity (Wildman–Crippen MR) is 120 cm³/mol. The molecule has 6 nitrogen and oxygen atoms in total. The van der Waals surface area contributed by atoms with Crippen molar-refractivity contribution in [3.63, 3.8) is 0 Å². The molecule has 0 atom stereocenters. The number of ether oxygens (including phenoxy) is 1. The Morgan fingerprint density at radius 2 is 1.61 bits per heavy atom. The topological polar surface area (TPSA) is 88.5 Å². The molecule has 31 heavy (non-hydrogen) atoms. The summed E-state index contributed by atoms with van der Waals surface area (Å²) in [5, 5.41) is 13.0. The number of aromatic nitrogens is 1. The van der Waals surface area contributed by atoms with E-state index in [4.69, 9.17) is 4.74 Å². The molecule has 3 aromatic carbocycles. The predicted octanol–water partition coefficient (Wildman–Crippen LogP) is 5.17. The maximum atomic E-state index is 12.9. The van der Waals surface area contributed by atoms with Crippen molar-refractivity contribution in [1.82, 2.24) is 4.98 Å². The van der Waals surface area contributed by atoms with E-state index in [1.807, 2.05) is 42.5 Å². The van der Waals surface area contributed by atoms with Crippen LogP contribution in [0.3, 0.4) is 0 Å². The summed E-state index contributed by atoms with van der Waals surface area (Å²) < 4.78 is 5.20. The van der Waals surface area contributed by atoms with Crippen molar-refractivity contribution in [1.29, 1.82) is 0 Å². The van der Waals surface area contributed by atoms with Crippen LogP contribution in [0.5, 0.6) is 5.75 Å². The molecule has 1 heterocycles. The fourth-order valence-corrected chi connectivity index (χ4v) is 3.53. The van der Waals surface area contributed by atoms with Gasteiger partial charge in [0.15, 0.2) is 0 Å². The number of carbonyl (C=O) groups is 2. The molecule has 154 valence electrons. The number of amides is 1. The summed E-state index contributed by atoms with van der Waals surface area (Å²) in [5.41, 5.74) is 3.52. The van der Waals surface area contributed by atoms with Gasteiger partial charge in [-0.15, -0.1) is 0 Å². The number of benzene rings is 3. The molecule has 0 aliphatic heterocycles. The first kappa shape index (κ1) is 20.1. The summed E-state index contributed by atoms with van der Waals surface area (Å²) in [4.78, 5) is 29.3. The van der Waals surface area contributed by atoms with Gasteiger partial charge in [-0.3, -0.25) is 4.79 Å². The number of hydrogen-bond acceptors (Lipinski definition) is 4. The lowest BCUT2D eigenvalue weighted by molar-refractivity contribution is 0.0698. The number of pyridine rings is 1.